The molecule has 2 amide bonds. The molecule has 0 aromatic carbocycles. The first kappa shape index (κ1) is 11.0. The number of hydrogen-bond donors (Lipinski definition) is 3. The van der Waals surface area contributed by atoms with E-state index in [0.717, 1.165) is 6.42 Å². The van der Waals surface area contributed by atoms with E-state index in [0.29, 0.717) is 19.4 Å². The Hall–Kier alpha value is -1.10. The van der Waals surface area contributed by atoms with E-state index >= 15 is 0 Å². The molecule has 1 heterocycles. The number of nitrogens with two attached hydrogens (primary N) is 1. The topological polar surface area (TPSA) is 84.2 Å². The van der Waals surface area contributed by atoms with Crippen LogP contribution in [0.2, 0.25) is 0 Å². The van der Waals surface area contributed by atoms with Gasteiger partial charge in [-0.3, -0.25) is 9.59 Å². The van der Waals surface area contributed by atoms with Gasteiger partial charge in [-0.2, -0.15) is 0 Å². The van der Waals surface area contributed by atoms with Crippen molar-refractivity contribution in [2.75, 3.05) is 6.54 Å². The first-order valence-corrected chi connectivity index (χ1v) is 4.93. The van der Waals surface area contributed by atoms with Crippen molar-refractivity contribution in [1.82, 2.24) is 10.6 Å². The van der Waals surface area contributed by atoms with E-state index in [1.54, 1.807) is 0 Å². The molecule has 1 fully saturated rings. The third-order valence-electron chi connectivity index (χ3n) is 2.31. The molecule has 0 aliphatic carbocycles. The quantitative estimate of drug-likeness (QED) is 0.549. The van der Waals surface area contributed by atoms with Gasteiger partial charge in [0.2, 0.25) is 11.8 Å². The highest BCUT2D eigenvalue weighted by Gasteiger charge is 2.23. The summed E-state index contributed by atoms with van der Waals surface area (Å²) in [5.41, 5.74) is 5.63. The summed E-state index contributed by atoms with van der Waals surface area (Å²) in [6.07, 6.45) is 1.50. The Kier molecular flexibility index (Phi) is 3.88. The molecule has 1 aliphatic heterocycles. The standard InChI is InChI=1S/C9H17N3O2/c1-2-6(10)3-9(14)12-7-4-8(13)11-5-7/h6-7H,2-5,10H2,1H3,(H,11,13)(H,12,14). The van der Waals surface area contributed by atoms with E-state index in [4.69, 9.17) is 5.73 Å². The molecule has 1 saturated heterocycles. The van der Waals surface area contributed by atoms with Crippen LogP contribution in [0.5, 0.6) is 0 Å². The molecule has 2 unspecified atom stereocenters. The molecule has 0 radical (unpaired) electrons. The van der Waals surface area contributed by atoms with Crippen molar-refractivity contribution in [2.24, 2.45) is 5.73 Å². The Bertz CT molecular complexity index is 230. The average molecular weight is 199 g/mol. The second-order valence-corrected chi connectivity index (χ2v) is 3.65. The third kappa shape index (κ3) is 3.33. The van der Waals surface area contributed by atoms with Crippen molar-refractivity contribution >= 4 is 11.8 Å². The molecular weight excluding hydrogens is 182 g/mol. The van der Waals surface area contributed by atoms with Gasteiger partial charge < -0.3 is 16.4 Å². The van der Waals surface area contributed by atoms with Crippen LogP contribution in [0.4, 0.5) is 0 Å². The molecule has 0 bridgehead atoms. The summed E-state index contributed by atoms with van der Waals surface area (Å²) >= 11 is 0. The molecular formula is C9H17N3O2. The Morgan fingerprint density at radius 2 is 2.50 bits per heavy atom. The minimum atomic E-state index is -0.0833. The minimum Gasteiger partial charge on any atom is -0.354 e. The summed E-state index contributed by atoms with van der Waals surface area (Å²) in [5.74, 6) is -0.0732. The van der Waals surface area contributed by atoms with E-state index in [2.05, 4.69) is 10.6 Å². The highest BCUT2D eigenvalue weighted by atomic mass is 16.2. The van der Waals surface area contributed by atoms with Crippen molar-refractivity contribution in [3.8, 4) is 0 Å². The van der Waals surface area contributed by atoms with Gasteiger partial charge in [-0.1, -0.05) is 6.92 Å². The molecule has 80 valence electrons. The van der Waals surface area contributed by atoms with E-state index in [-0.39, 0.29) is 23.9 Å². The Morgan fingerprint density at radius 1 is 1.79 bits per heavy atom. The summed E-state index contributed by atoms with van der Waals surface area (Å²) < 4.78 is 0. The largest absolute Gasteiger partial charge is 0.354 e. The Morgan fingerprint density at radius 3 is 3.00 bits per heavy atom. The van der Waals surface area contributed by atoms with Gasteiger partial charge in [-0.25, -0.2) is 0 Å². The van der Waals surface area contributed by atoms with Crippen LogP contribution in [0.1, 0.15) is 26.2 Å². The summed E-state index contributed by atoms with van der Waals surface area (Å²) in [6, 6.07) is -0.140. The monoisotopic (exact) mass is 199 g/mol. The maximum atomic E-state index is 11.3. The summed E-state index contributed by atoms with van der Waals surface area (Å²) in [6.45, 7) is 2.48. The highest BCUT2D eigenvalue weighted by molar-refractivity contribution is 5.82. The van der Waals surface area contributed by atoms with Crippen LogP contribution in [0, 0.1) is 0 Å². The lowest BCUT2D eigenvalue weighted by atomic mass is 10.1. The van der Waals surface area contributed by atoms with Gasteiger partial charge in [0.05, 0.1) is 6.04 Å². The maximum Gasteiger partial charge on any atom is 0.222 e. The van der Waals surface area contributed by atoms with Crippen molar-refractivity contribution in [3.05, 3.63) is 0 Å². The van der Waals surface area contributed by atoms with Gasteiger partial charge in [0.1, 0.15) is 0 Å². The fourth-order valence-corrected chi connectivity index (χ4v) is 1.38. The fraction of sp³-hybridized carbons (Fsp3) is 0.778. The average Bonchev–Trinajstić information content (AvgIpc) is 2.50. The minimum absolute atomic E-state index is 0.00455. The van der Waals surface area contributed by atoms with Gasteiger partial charge in [-0.15, -0.1) is 0 Å². The molecule has 4 N–H and O–H groups in total. The molecule has 0 spiro atoms. The predicted molar refractivity (Wildman–Crippen MR) is 52.4 cm³/mol. The zero-order chi connectivity index (χ0) is 10.6. The molecule has 0 aromatic heterocycles. The van der Waals surface area contributed by atoms with Crippen LogP contribution in [0.15, 0.2) is 0 Å². The number of hydrogen-bond acceptors (Lipinski definition) is 3. The van der Waals surface area contributed by atoms with Crippen LogP contribution in [0.25, 0.3) is 0 Å². The SMILES string of the molecule is CCC(N)CC(=O)NC1CNC(=O)C1. The molecule has 5 heteroatoms. The van der Waals surface area contributed by atoms with Gasteiger partial charge >= 0.3 is 0 Å². The third-order valence-corrected chi connectivity index (χ3v) is 2.31. The van der Waals surface area contributed by atoms with Gasteiger partial charge in [0.25, 0.3) is 0 Å². The Labute approximate surface area is 83.4 Å². The number of nitrogens with one attached hydrogen (secondary N) is 2. The van der Waals surface area contributed by atoms with Crippen molar-refractivity contribution < 1.29 is 9.59 Å². The van der Waals surface area contributed by atoms with E-state index in [1.165, 1.54) is 0 Å². The number of rotatable bonds is 4. The predicted octanol–water partition coefficient (Wildman–Crippen LogP) is -0.881. The molecule has 0 aromatic rings. The molecule has 14 heavy (non-hydrogen) atoms. The molecule has 1 rings (SSSR count). The van der Waals surface area contributed by atoms with Gasteiger partial charge in [0.15, 0.2) is 0 Å². The maximum absolute atomic E-state index is 11.3. The van der Waals surface area contributed by atoms with Crippen molar-refractivity contribution in [3.63, 3.8) is 0 Å². The normalized spacial score (nSPS) is 23.0. The molecule has 0 saturated carbocycles. The summed E-state index contributed by atoms with van der Waals surface area (Å²) in [5, 5.41) is 5.43. The van der Waals surface area contributed by atoms with E-state index in [9.17, 15) is 9.59 Å². The lowest BCUT2D eigenvalue weighted by molar-refractivity contribution is -0.122. The van der Waals surface area contributed by atoms with E-state index < -0.39 is 0 Å². The van der Waals surface area contributed by atoms with Crippen molar-refractivity contribution in [1.29, 1.82) is 0 Å². The van der Waals surface area contributed by atoms with Crippen LogP contribution < -0.4 is 16.4 Å². The number of carbonyl (C=O) groups excluding carboxylic acids is 2. The van der Waals surface area contributed by atoms with Crippen molar-refractivity contribution in [2.45, 2.75) is 38.3 Å². The van der Waals surface area contributed by atoms with E-state index in [1.807, 2.05) is 6.92 Å². The summed E-state index contributed by atoms with van der Waals surface area (Å²) in [4.78, 5) is 22.2. The lowest BCUT2D eigenvalue weighted by Gasteiger charge is -2.12. The van der Waals surface area contributed by atoms with Crippen LogP contribution >= 0.6 is 0 Å². The Balaban J connectivity index is 2.23. The second kappa shape index (κ2) is 4.95. The fourth-order valence-electron chi connectivity index (χ4n) is 1.38. The smallest absolute Gasteiger partial charge is 0.222 e. The summed E-state index contributed by atoms with van der Waals surface area (Å²) in [7, 11) is 0. The van der Waals surface area contributed by atoms with Crippen LogP contribution in [0.3, 0.4) is 0 Å². The first-order valence-electron chi connectivity index (χ1n) is 4.93. The molecule has 5 nitrogen and oxygen atoms in total. The second-order valence-electron chi connectivity index (χ2n) is 3.65. The van der Waals surface area contributed by atoms with Crippen LogP contribution in [-0.2, 0) is 9.59 Å². The van der Waals surface area contributed by atoms with Crippen LogP contribution in [-0.4, -0.2) is 30.4 Å². The zero-order valence-corrected chi connectivity index (χ0v) is 8.38. The highest BCUT2D eigenvalue weighted by Crippen LogP contribution is 2.00. The first-order chi connectivity index (χ1) is 6.61. The number of carbonyl (C=O) groups is 2. The van der Waals surface area contributed by atoms with Gasteiger partial charge in [-0.05, 0) is 6.42 Å². The zero-order valence-electron chi connectivity index (χ0n) is 8.38. The van der Waals surface area contributed by atoms with Gasteiger partial charge in [0, 0.05) is 25.4 Å². The molecule has 1 aliphatic rings. The lowest BCUT2D eigenvalue weighted by Crippen LogP contribution is -2.39. The number of amides is 2. The molecule has 2 atom stereocenters.